The Morgan fingerprint density at radius 2 is 1.88 bits per heavy atom. The highest BCUT2D eigenvalue weighted by Gasteiger charge is 2.18. The standard InChI is InChI=1S/C18H18N2O5/c1-11-4-3-5-14(8-11)25-12(2)17(21)19-20-18(22)13-6-7-15-16(9-13)24-10-23-15/h3-9,12H,10H2,1-2H3,(H,19,21)(H,20,22). The van der Waals surface area contributed by atoms with Gasteiger partial charge in [0.2, 0.25) is 6.79 Å². The van der Waals surface area contributed by atoms with Crippen LogP contribution in [0.25, 0.3) is 0 Å². The molecule has 0 bridgehead atoms. The van der Waals surface area contributed by atoms with Crippen molar-refractivity contribution in [1.82, 2.24) is 10.9 Å². The van der Waals surface area contributed by atoms with E-state index in [2.05, 4.69) is 10.9 Å². The fourth-order valence-corrected chi connectivity index (χ4v) is 2.28. The number of carbonyl (C=O) groups is 2. The summed E-state index contributed by atoms with van der Waals surface area (Å²) < 4.78 is 16.0. The minimum absolute atomic E-state index is 0.130. The number of amides is 2. The minimum atomic E-state index is -0.765. The molecular weight excluding hydrogens is 324 g/mol. The molecular formula is C18H18N2O5. The van der Waals surface area contributed by atoms with Gasteiger partial charge >= 0.3 is 0 Å². The molecule has 0 aliphatic carbocycles. The maximum atomic E-state index is 12.1. The van der Waals surface area contributed by atoms with E-state index in [4.69, 9.17) is 14.2 Å². The Bertz CT molecular complexity index is 806. The van der Waals surface area contributed by atoms with E-state index >= 15 is 0 Å². The van der Waals surface area contributed by atoms with Gasteiger partial charge in [-0.2, -0.15) is 0 Å². The molecule has 0 saturated heterocycles. The molecule has 1 unspecified atom stereocenters. The van der Waals surface area contributed by atoms with Crippen molar-refractivity contribution in [3.8, 4) is 17.2 Å². The van der Waals surface area contributed by atoms with Gasteiger partial charge in [-0.1, -0.05) is 12.1 Å². The van der Waals surface area contributed by atoms with Crippen molar-refractivity contribution in [3.05, 3.63) is 53.6 Å². The molecule has 0 spiro atoms. The molecule has 0 saturated carbocycles. The third-order valence-electron chi connectivity index (χ3n) is 3.61. The van der Waals surface area contributed by atoms with Crippen molar-refractivity contribution in [2.24, 2.45) is 0 Å². The summed E-state index contributed by atoms with van der Waals surface area (Å²) in [5.74, 6) is 0.741. The fourth-order valence-electron chi connectivity index (χ4n) is 2.28. The lowest BCUT2D eigenvalue weighted by molar-refractivity contribution is -0.128. The first-order valence-electron chi connectivity index (χ1n) is 7.76. The summed E-state index contributed by atoms with van der Waals surface area (Å²) in [5.41, 5.74) is 6.07. The Morgan fingerprint density at radius 1 is 1.08 bits per heavy atom. The van der Waals surface area contributed by atoms with Gasteiger partial charge in [0.05, 0.1) is 0 Å². The molecule has 7 heteroatoms. The molecule has 25 heavy (non-hydrogen) atoms. The number of ether oxygens (including phenoxy) is 3. The highest BCUT2D eigenvalue weighted by molar-refractivity contribution is 5.96. The smallest absolute Gasteiger partial charge is 0.279 e. The van der Waals surface area contributed by atoms with Gasteiger partial charge in [0.25, 0.3) is 11.8 Å². The van der Waals surface area contributed by atoms with Gasteiger partial charge < -0.3 is 14.2 Å². The molecule has 2 N–H and O–H groups in total. The Kier molecular flexibility index (Phi) is 4.74. The monoisotopic (exact) mass is 342 g/mol. The summed E-state index contributed by atoms with van der Waals surface area (Å²) in [6, 6.07) is 12.2. The molecule has 130 valence electrons. The molecule has 0 fully saturated rings. The molecule has 2 aromatic carbocycles. The molecule has 7 nitrogen and oxygen atoms in total. The molecule has 1 heterocycles. The van der Waals surface area contributed by atoms with E-state index in [1.807, 2.05) is 25.1 Å². The molecule has 1 aliphatic rings. The molecule has 2 amide bonds. The van der Waals surface area contributed by atoms with Crippen LogP contribution in [0.15, 0.2) is 42.5 Å². The van der Waals surface area contributed by atoms with Crippen molar-refractivity contribution in [3.63, 3.8) is 0 Å². The first-order chi connectivity index (χ1) is 12.0. The summed E-state index contributed by atoms with van der Waals surface area (Å²) in [6.07, 6.45) is -0.765. The summed E-state index contributed by atoms with van der Waals surface area (Å²) >= 11 is 0. The van der Waals surface area contributed by atoms with Crippen LogP contribution in [0.5, 0.6) is 17.2 Å². The molecule has 3 rings (SSSR count). The number of benzene rings is 2. The second kappa shape index (κ2) is 7.12. The Morgan fingerprint density at radius 3 is 2.68 bits per heavy atom. The van der Waals surface area contributed by atoms with Crippen molar-refractivity contribution < 1.29 is 23.8 Å². The van der Waals surface area contributed by atoms with E-state index in [9.17, 15) is 9.59 Å². The van der Waals surface area contributed by atoms with E-state index in [-0.39, 0.29) is 6.79 Å². The van der Waals surface area contributed by atoms with E-state index in [1.54, 1.807) is 31.2 Å². The van der Waals surface area contributed by atoms with Gasteiger partial charge in [-0.05, 0) is 49.7 Å². The molecule has 2 aromatic rings. The first kappa shape index (κ1) is 16.6. The average Bonchev–Trinajstić information content (AvgIpc) is 3.07. The van der Waals surface area contributed by atoms with Crippen LogP contribution in [-0.2, 0) is 4.79 Å². The van der Waals surface area contributed by atoms with E-state index in [0.717, 1.165) is 5.56 Å². The van der Waals surface area contributed by atoms with E-state index < -0.39 is 17.9 Å². The number of rotatable bonds is 4. The van der Waals surface area contributed by atoms with Crippen molar-refractivity contribution in [2.75, 3.05) is 6.79 Å². The van der Waals surface area contributed by atoms with Crippen LogP contribution in [0.2, 0.25) is 0 Å². The SMILES string of the molecule is Cc1cccc(OC(C)C(=O)NNC(=O)c2ccc3c(c2)OCO3)c1. The van der Waals surface area contributed by atoms with Crippen molar-refractivity contribution >= 4 is 11.8 Å². The lowest BCUT2D eigenvalue weighted by atomic mass is 10.2. The van der Waals surface area contributed by atoms with Gasteiger partial charge in [0.15, 0.2) is 17.6 Å². The van der Waals surface area contributed by atoms with Crippen LogP contribution in [0.4, 0.5) is 0 Å². The Hall–Kier alpha value is -3.22. The van der Waals surface area contributed by atoms with Crippen LogP contribution in [-0.4, -0.2) is 24.7 Å². The van der Waals surface area contributed by atoms with Crippen molar-refractivity contribution in [2.45, 2.75) is 20.0 Å². The number of aryl methyl sites for hydroxylation is 1. The largest absolute Gasteiger partial charge is 0.481 e. The fraction of sp³-hybridized carbons (Fsp3) is 0.222. The molecule has 1 aliphatic heterocycles. The maximum Gasteiger partial charge on any atom is 0.279 e. The topological polar surface area (TPSA) is 85.9 Å². The lowest BCUT2D eigenvalue weighted by Crippen LogP contribution is -2.47. The maximum absolute atomic E-state index is 12.1. The predicted octanol–water partition coefficient (Wildman–Crippen LogP) is 1.95. The Labute approximate surface area is 144 Å². The second-order valence-corrected chi connectivity index (χ2v) is 5.59. The Balaban J connectivity index is 1.53. The van der Waals surface area contributed by atoms with Gasteiger partial charge in [-0.25, -0.2) is 0 Å². The summed E-state index contributed by atoms with van der Waals surface area (Å²) in [4.78, 5) is 24.2. The number of fused-ring (bicyclic) bond motifs is 1. The predicted molar refractivity (Wildman–Crippen MR) is 89.4 cm³/mol. The number of nitrogens with one attached hydrogen (secondary N) is 2. The van der Waals surface area contributed by atoms with Crippen LogP contribution < -0.4 is 25.1 Å². The zero-order chi connectivity index (χ0) is 17.8. The zero-order valence-electron chi connectivity index (χ0n) is 13.9. The lowest BCUT2D eigenvalue weighted by Gasteiger charge is -2.15. The van der Waals surface area contributed by atoms with Crippen LogP contribution in [0.1, 0.15) is 22.8 Å². The van der Waals surface area contributed by atoms with Crippen LogP contribution in [0.3, 0.4) is 0 Å². The quantitative estimate of drug-likeness (QED) is 0.830. The third-order valence-corrected chi connectivity index (χ3v) is 3.61. The van der Waals surface area contributed by atoms with Gasteiger partial charge in [0, 0.05) is 5.56 Å². The zero-order valence-corrected chi connectivity index (χ0v) is 13.9. The van der Waals surface area contributed by atoms with E-state index in [1.165, 1.54) is 0 Å². The normalized spacial score (nSPS) is 13.0. The number of carbonyl (C=O) groups excluding carboxylic acids is 2. The third kappa shape index (κ3) is 4.00. The second-order valence-electron chi connectivity index (χ2n) is 5.59. The number of hydrazine groups is 1. The molecule has 0 radical (unpaired) electrons. The average molecular weight is 342 g/mol. The number of hydrogen-bond acceptors (Lipinski definition) is 5. The van der Waals surface area contributed by atoms with Gasteiger partial charge in [-0.3, -0.25) is 20.4 Å². The van der Waals surface area contributed by atoms with Crippen LogP contribution >= 0.6 is 0 Å². The van der Waals surface area contributed by atoms with Crippen molar-refractivity contribution in [1.29, 1.82) is 0 Å². The molecule has 1 atom stereocenters. The summed E-state index contributed by atoms with van der Waals surface area (Å²) in [5, 5.41) is 0. The van der Waals surface area contributed by atoms with Crippen LogP contribution in [0, 0.1) is 6.92 Å². The summed E-state index contributed by atoms with van der Waals surface area (Å²) in [6.45, 7) is 3.67. The number of hydrogen-bond donors (Lipinski definition) is 2. The highest BCUT2D eigenvalue weighted by Crippen LogP contribution is 2.32. The molecule has 0 aromatic heterocycles. The summed E-state index contributed by atoms with van der Waals surface area (Å²) in [7, 11) is 0. The minimum Gasteiger partial charge on any atom is -0.481 e. The van der Waals surface area contributed by atoms with E-state index in [0.29, 0.717) is 22.8 Å². The van der Waals surface area contributed by atoms with Gasteiger partial charge in [0.1, 0.15) is 5.75 Å². The van der Waals surface area contributed by atoms with Gasteiger partial charge in [-0.15, -0.1) is 0 Å². The highest BCUT2D eigenvalue weighted by atomic mass is 16.7. The first-order valence-corrected chi connectivity index (χ1v) is 7.76.